The number of piperidine rings is 1. The average Bonchev–Trinajstić information content (AvgIpc) is 3.07. The Hall–Kier alpha value is -2.88. The Morgan fingerprint density at radius 3 is 2.50 bits per heavy atom. The van der Waals surface area contributed by atoms with E-state index in [0.717, 1.165) is 6.26 Å². The second-order valence-corrected chi connectivity index (χ2v) is 8.79. The van der Waals surface area contributed by atoms with Crippen LogP contribution in [0.2, 0.25) is 0 Å². The molecule has 0 spiro atoms. The van der Waals surface area contributed by atoms with Crippen molar-refractivity contribution in [3.05, 3.63) is 52.0 Å². The lowest BCUT2D eigenvalue weighted by atomic mass is 10.0. The van der Waals surface area contributed by atoms with Crippen molar-refractivity contribution >= 4 is 27.1 Å². The predicted octanol–water partition coefficient (Wildman–Crippen LogP) is 2.30. The standard InChI is InChI=1S/C18H21N3O6S/c1-12-15(7-10-27-12)18(22)19-13-5-8-20(9-6-13)14-3-4-16(21(23)24)17(11-14)28(2,25)26/h3-4,7,10-11,13H,5-6,8-9H2,1-2H3,(H,19,22). The highest BCUT2D eigenvalue weighted by atomic mass is 32.2. The fourth-order valence-corrected chi connectivity index (χ4v) is 4.17. The van der Waals surface area contributed by atoms with Crippen molar-refractivity contribution < 1.29 is 22.6 Å². The molecule has 10 heteroatoms. The van der Waals surface area contributed by atoms with Gasteiger partial charge < -0.3 is 14.6 Å². The van der Waals surface area contributed by atoms with E-state index in [9.17, 15) is 23.3 Å². The number of carbonyl (C=O) groups is 1. The average molecular weight is 407 g/mol. The molecule has 0 saturated carbocycles. The number of amides is 1. The van der Waals surface area contributed by atoms with Gasteiger partial charge in [0.05, 0.1) is 16.7 Å². The lowest BCUT2D eigenvalue weighted by molar-refractivity contribution is -0.387. The van der Waals surface area contributed by atoms with Gasteiger partial charge >= 0.3 is 0 Å². The molecule has 1 fully saturated rings. The number of benzene rings is 1. The third-order valence-electron chi connectivity index (χ3n) is 4.84. The van der Waals surface area contributed by atoms with Gasteiger partial charge in [-0.15, -0.1) is 0 Å². The van der Waals surface area contributed by atoms with Crippen molar-refractivity contribution in [1.29, 1.82) is 0 Å². The molecule has 0 radical (unpaired) electrons. The molecule has 0 unspecified atom stereocenters. The lowest BCUT2D eigenvalue weighted by Gasteiger charge is -2.34. The number of aryl methyl sites for hydroxylation is 1. The van der Waals surface area contributed by atoms with E-state index in [1.807, 2.05) is 4.90 Å². The van der Waals surface area contributed by atoms with Crippen molar-refractivity contribution in [3.8, 4) is 0 Å². The molecule has 1 aliphatic heterocycles. The quantitative estimate of drug-likeness (QED) is 0.596. The minimum atomic E-state index is -3.73. The maximum Gasteiger partial charge on any atom is 0.288 e. The minimum Gasteiger partial charge on any atom is -0.469 e. The highest BCUT2D eigenvalue weighted by Gasteiger charge is 2.26. The van der Waals surface area contributed by atoms with Gasteiger partial charge in [-0.1, -0.05) is 0 Å². The van der Waals surface area contributed by atoms with E-state index in [0.29, 0.717) is 42.9 Å². The first-order valence-electron chi connectivity index (χ1n) is 8.75. The van der Waals surface area contributed by atoms with Gasteiger partial charge in [-0.3, -0.25) is 14.9 Å². The van der Waals surface area contributed by atoms with Crippen LogP contribution in [0.5, 0.6) is 0 Å². The van der Waals surface area contributed by atoms with Crippen molar-refractivity contribution in [3.63, 3.8) is 0 Å². The number of hydrogen-bond acceptors (Lipinski definition) is 7. The molecular weight excluding hydrogens is 386 g/mol. The summed E-state index contributed by atoms with van der Waals surface area (Å²) in [6.07, 6.45) is 3.78. The molecule has 2 heterocycles. The van der Waals surface area contributed by atoms with Gasteiger partial charge in [-0.2, -0.15) is 0 Å². The fourth-order valence-electron chi connectivity index (χ4n) is 3.31. The minimum absolute atomic E-state index is 0.00882. The molecular formula is C18H21N3O6S. The van der Waals surface area contributed by atoms with Gasteiger partial charge in [-0.25, -0.2) is 8.42 Å². The van der Waals surface area contributed by atoms with E-state index in [2.05, 4.69) is 5.32 Å². The first kappa shape index (κ1) is 19.9. The molecule has 1 aromatic heterocycles. The molecule has 0 atom stereocenters. The van der Waals surface area contributed by atoms with E-state index in [-0.39, 0.29) is 16.8 Å². The molecule has 0 bridgehead atoms. The predicted molar refractivity (Wildman–Crippen MR) is 102 cm³/mol. The number of hydrogen-bond donors (Lipinski definition) is 1. The van der Waals surface area contributed by atoms with E-state index in [1.165, 1.54) is 18.4 Å². The van der Waals surface area contributed by atoms with E-state index >= 15 is 0 Å². The van der Waals surface area contributed by atoms with Crippen LogP contribution in [0, 0.1) is 17.0 Å². The van der Waals surface area contributed by atoms with Gasteiger partial charge in [0.2, 0.25) is 0 Å². The summed E-state index contributed by atoms with van der Waals surface area (Å²) < 4.78 is 29.0. The summed E-state index contributed by atoms with van der Waals surface area (Å²) in [4.78, 5) is 24.4. The Morgan fingerprint density at radius 1 is 1.29 bits per heavy atom. The summed E-state index contributed by atoms with van der Waals surface area (Å²) in [5.74, 6) is 0.383. The number of anilines is 1. The zero-order chi connectivity index (χ0) is 20.5. The third kappa shape index (κ3) is 4.16. The van der Waals surface area contributed by atoms with Gasteiger partial charge in [-0.05, 0) is 38.0 Å². The second kappa shape index (κ2) is 7.63. The first-order valence-corrected chi connectivity index (χ1v) is 10.6. The molecule has 1 aliphatic rings. The Kier molecular flexibility index (Phi) is 5.41. The summed E-state index contributed by atoms with van der Waals surface area (Å²) in [6.45, 7) is 2.91. The van der Waals surface area contributed by atoms with Crippen LogP contribution < -0.4 is 10.2 Å². The van der Waals surface area contributed by atoms with Crippen LogP contribution in [-0.4, -0.2) is 44.6 Å². The van der Waals surface area contributed by atoms with Crippen LogP contribution >= 0.6 is 0 Å². The molecule has 9 nitrogen and oxygen atoms in total. The van der Waals surface area contributed by atoms with Gasteiger partial charge in [0.15, 0.2) is 9.84 Å². The lowest BCUT2D eigenvalue weighted by Crippen LogP contribution is -2.44. The van der Waals surface area contributed by atoms with Crippen LogP contribution in [0.25, 0.3) is 0 Å². The molecule has 1 aromatic carbocycles. The van der Waals surface area contributed by atoms with Crippen LogP contribution in [0.4, 0.5) is 11.4 Å². The monoisotopic (exact) mass is 407 g/mol. The maximum absolute atomic E-state index is 12.3. The highest BCUT2D eigenvalue weighted by molar-refractivity contribution is 7.90. The van der Waals surface area contributed by atoms with Crippen LogP contribution in [0.3, 0.4) is 0 Å². The number of furan rings is 1. The van der Waals surface area contributed by atoms with Crippen LogP contribution in [0.1, 0.15) is 29.0 Å². The van der Waals surface area contributed by atoms with Gasteiger partial charge in [0.25, 0.3) is 11.6 Å². The SMILES string of the molecule is Cc1occc1C(=O)NC1CCN(c2ccc([N+](=O)[O-])c(S(C)(=O)=O)c2)CC1. The Bertz CT molecular complexity index is 1010. The molecule has 3 rings (SSSR count). The normalized spacial score (nSPS) is 15.4. The zero-order valence-electron chi connectivity index (χ0n) is 15.5. The Morgan fingerprint density at radius 2 is 1.96 bits per heavy atom. The fraction of sp³-hybridized carbons (Fsp3) is 0.389. The largest absolute Gasteiger partial charge is 0.469 e. The number of sulfone groups is 1. The number of nitrogens with one attached hydrogen (secondary N) is 1. The second-order valence-electron chi connectivity index (χ2n) is 6.81. The molecule has 1 N–H and O–H groups in total. The smallest absolute Gasteiger partial charge is 0.288 e. The summed E-state index contributed by atoms with van der Waals surface area (Å²) in [7, 11) is -3.73. The topological polar surface area (TPSA) is 123 Å². The van der Waals surface area contributed by atoms with E-state index in [4.69, 9.17) is 4.42 Å². The van der Waals surface area contributed by atoms with Crippen molar-refractivity contribution in [2.75, 3.05) is 24.2 Å². The summed E-state index contributed by atoms with van der Waals surface area (Å²) >= 11 is 0. The molecule has 2 aromatic rings. The Balaban J connectivity index is 1.69. The van der Waals surface area contributed by atoms with Crippen LogP contribution in [-0.2, 0) is 9.84 Å². The summed E-state index contributed by atoms with van der Waals surface area (Å²) in [6, 6.07) is 5.75. The zero-order valence-corrected chi connectivity index (χ0v) is 16.4. The molecule has 1 amide bonds. The molecule has 0 aliphatic carbocycles. The van der Waals surface area contributed by atoms with E-state index < -0.39 is 20.4 Å². The van der Waals surface area contributed by atoms with Gasteiger partial charge in [0, 0.05) is 37.1 Å². The van der Waals surface area contributed by atoms with Crippen LogP contribution in [0.15, 0.2) is 39.8 Å². The number of nitro benzene ring substituents is 1. The maximum atomic E-state index is 12.3. The first-order chi connectivity index (χ1) is 13.2. The molecule has 28 heavy (non-hydrogen) atoms. The van der Waals surface area contributed by atoms with E-state index in [1.54, 1.807) is 19.1 Å². The summed E-state index contributed by atoms with van der Waals surface area (Å²) in [5, 5.41) is 14.1. The number of nitro groups is 1. The van der Waals surface area contributed by atoms with Crippen molar-refractivity contribution in [2.24, 2.45) is 0 Å². The number of rotatable bonds is 5. The summed E-state index contributed by atoms with van der Waals surface area (Å²) in [5.41, 5.74) is 0.695. The van der Waals surface area contributed by atoms with Gasteiger partial charge in [0.1, 0.15) is 10.7 Å². The van der Waals surface area contributed by atoms with Crippen molar-refractivity contribution in [1.82, 2.24) is 5.32 Å². The molecule has 150 valence electrons. The Labute approximate surface area is 162 Å². The number of nitrogens with zero attached hydrogens (tertiary/aromatic N) is 2. The highest BCUT2D eigenvalue weighted by Crippen LogP contribution is 2.30. The number of carbonyl (C=O) groups excluding carboxylic acids is 1. The van der Waals surface area contributed by atoms with Crippen molar-refractivity contribution in [2.45, 2.75) is 30.7 Å². The third-order valence-corrected chi connectivity index (χ3v) is 5.96. The molecule has 1 saturated heterocycles.